The van der Waals surface area contributed by atoms with Crippen LogP contribution in [0, 0.1) is 16.7 Å². The first kappa shape index (κ1) is 15.1. The van der Waals surface area contributed by atoms with Crippen molar-refractivity contribution in [3.8, 4) is 0 Å². The maximum absolute atomic E-state index is 13.1. The normalized spacial score (nSPS) is 34.2. The van der Waals surface area contributed by atoms with Crippen LogP contribution in [-0.4, -0.2) is 23.1 Å². The summed E-state index contributed by atoms with van der Waals surface area (Å²) in [4.78, 5) is 25.7. The van der Waals surface area contributed by atoms with Gasteiger partial charge in [0, 0.05) is 5.57 Å². The number of hydrogen-bond acceptors (Lipinski definition) is 4. The Hall–Kier alpha value is -1.32. The SMILES string of the molecule is C[C@H]1N=N[C@]2(C(C)(C)C)C(=O)C(C(C)(C)C)=CC(=O)[C@@H]12. The van der Waals surface area contributed by atoms with E-state index in [4.69, 9.17) is 0 Å². The first-order valence-corrected chi connectivity index (χ1v) is 7.16. The molecule has 0 aromatic carbocycles. The van der Waals surface area contributed by atoms with Crippen LogP contribution in [-0.2, 0) is 9.59 Å². The molecule has 20 heavy (non-hydrogen) atoms. The van der Waals surface area contributed by atoms with Gasteiger partial charge >= 0.3 is 0 Å². The summed E-state index contributed by atoms with van der Waals surface area (Å²) in [6.07, 6.45) is 1.53. The van der Waals surface area contributed by atoms with Crippen LogP contribution < -0.4 is 0 Å². The average Bonchev–Trinajstić information content (AvgIpc) is 2.61. The van der Waals surface area contributed by atoms with Gasteiger partial charge in [0.05, 0.1) is 12.0 Å². The molecule has 4 heteroatoms. The van der Waals surface area contributed by atoms with Gasteiger partial charge < -0.3 is 0 Å². The molecule has 1 aliphatic carbocycles. The largest absolute Gasteiger partial charge is 0.294 e. The van der Waals surface area contributed by atoms with E-state index in [0.717, 1.165) is 0 Å². The predicted molar refractivity (Wildman–Crippen MR) is 77.5 cm³/mol. The lowest BCUT2D eigenvalue weighted by molar-refractivity contribution is -0.136. The number of carbonyl (C=O) groups excluding carboxylic acids is 2. The molecule has 0 unspecified atom stereocenters. The molecule has 2 rings (SSSR count). The van der Waals surface area contributed by atoms with E-state index < -0.39 is 16.9 Å². The zero-order valence-corrected chi connectivity index (χ0v) is 13.4. The third-order valence-electron chi connectivity index (χ3n) is 4.47. The molecule has 0 aromatic heterocycles. The molecule has 1 aliphatic heterocycles. The Morgan fingerprint density at radius 1 is 1.10 bits per heavy atom. The Kier molecular flexibility index (Phi) is 3.08. The van der Waals surface area contributed by atoms with Gasteiger partial charge in [-0.25, -0.2) is 0 Å². The maximum Gasteiger partial charge on any atom is 0.190 e. The summed E-state index contributed by atoms with van der Waals surface area (Å²) in [5, 5.41) is 8.54. The molecule has 0 amide bonds. The van der Waals surface area contributed by atoms with Gasteiger partial charge in [0.25, 0.3) is 0 Å². The number of nitrogens with zero attached hydrogens (tertiary/aromatic N) is 2. The van der Waals surface area contributed by atoms with E-state index in [1.807, 2.05) is 48.5 Å². The van der Waals surface area contributed by atoms with Crippen molar-refractivity contribution in [1.29, 1.82) is 0 Å². The molecular weight excluding hydrogens is 252 g/mol. The second-order valence-electron chi connectivity index (χ2n) is 7.99. The highest BCUT2D eigenvalue weighted by atomic mass is 16.1. The van der Waals surface area contributed by atoms with E-state index >= 15 is 0 Å². The molecule has 0 spiro atoms. The van der Waals surface area contributed by atoms with Gasteiger partial charge in [-0.1, -0.05) is 41.5 Å². The number of rotatable bonds is 0. The number of ketones is 2. The number of azo groups is 1. The van der Waals surface area contributed by atoms with Gasteiger partial charge in [0.1, 0.15) is 0 Å². The summed E-state index contributed by atoms with van der Waals surface area (Å²) >= 11 is 0. The van der Waals surface area contributed by atoms with Crippen LogP contribution in [0.3, 0.4) is 0 Å². The van der Waals surface area contributed by atoms with Crippen LogP contribution in [0.5, 0.6) is 0 Å². The Morgan fingerprint density at radius 3 is 2.10 bits per heavy atom. The van der Waals surface area contributed by atoms with E-state index in [0.29, 0.717) is 5.57 Å². The lowest BCUT2D eigenvalue weighted by Crippen LogP contribution is -2.59. The van der Waals surface area contributed by atoms with Crippen molar-refractivity contribution in [3.05, 3.63) is 11.6 Å². The van der Waals surface area contributed by atoms with Gasteiger partial charge in [0.15, 0.2) is 17.1 Å². The zero-order chi connectivity index (χ0) is 15.5. The fourth-order valence-corrected chi connectivity index (χ4v) is 3.31. The van der Waals surface area contributed by atoms with E-state index in [-0.39, 0.29) is 23.0 Å². The number of fused-ring (bicyclic) bond motifs is 1. The van der Waals surface area contributed by atoms with Gasteiger partial charge in [-0.15, -0.1) is 0 Å². The van der Waals surface area contributed by atoms with E-state index in [1.165, 1.54) is 6.08 Å². The second-order valence-corrected chi connectivity index (χ2v) is 7.99. The minimum absolute atomic E-state index is 0.0121. The van der Waals surface area contributed by atoms with Crippen LogP contribution in [0.25, 0.3) is 0 Å². The summed E-state index contributed by atoms with van der Waals surface area (Å²) in [5.41, 5.74) is -1.27. The topological polar surface area (TPSA) is 58.9 Å². The van der Waals surface area contributed by atoms with Crippen LogP contribution in [0.4, 0.5) is 0 Å². The van der Waals surface area contributed by atoms with Gasteiger partial charge in [-0.2, -0.15) is 10.2 Å². The highest BCUT2D eigenvalue weighted by Gasteiger charge is 2.64. The van der Waals surface area contributed by atoms with Crippen LogP contribution >= 0.6 is 0 Å². The zero-order valence-electron chi connectivity index (χ0n) is 13.4. The molecule has 0 bridgehead atoms. The van der Waals surface area contributed by atoms with E-state index in [9.17, 15) is 9.59 Å². The van der Waals surface area contributed by atoms with Crippen LogP contribution in [0.15, 0.2) is 21.9 Å². The minimum atomic E-state index is -1.04. The van der Waals surface area contributed by atoms with Gasteiger partial charge in [-0.05, 0) is 23.8 Å². The number of carbonyl (C=O) groups is 2. The number of hydrogen-bond donors (Lipinski definition) is 0. The Balaban J connectivity index is 2.70. The molecule has 3 atom stereocenters. The first-order chi connectivity index (χ1) is 8.93. The van der Waals surface area contributed by atoms with Gasteiger partial charge in [-0.3, -0.25) is 9.59 Å². The van der Waals surface area contributed by atoms with Crippen molar-refractivity contribution in [2.75, 3.05) is 0 Å². The van der Waals surface area contributed by atoms with Crippen LogP contribution in [0.1, 0.15) is 48.5 Å². The summed E-state index contributed by atoms with van der Waals surface area (Å²) in [5.74, 6) is -0.502. The van der Waals surface area contributed by atoms with Crippen LogP contribution in [0.2, 0.25) is 0 Å². The fourth-order valence-electron chi connectivity index (χ4n) is 3.31. The fraction of sp³-hybridized carbons (Fsp3) is 0.750. The van der Waals surface area contributed by atoms with Crippen molar-refractivity contribution in [3.63, 3.8) is 0 Å². The van der Waals surface area contributed by atoms with E-state index in [1.54, 1.807) is 0 Å². The molecule has 0 saturated carbocycles. The summed E-state index contributed by atoms with van der Waals surface area (Å²) in [6, 6.07) is -0.233. The first-order valence-electron chi connectivity index (χ1n) is 7.16. The Bertz CT molecular complexity index is 532. The highest BCUT2D eigenvalue weighted by Crippen LogP contribution is 2.52. The third kappa shape index (κ3) is 1.80. The Labute approximate surface area is 120 Å². The summed E-state index contributed by atoms with van der Waals surface area (Å²) < 4.78 is 0. The number of allylic oxidation sites excluding steroid dienone is 1. The second kappa shape index (κ2) is 4.09. The van der Waals surface area contributed by atoms with E-state index in [2.05, 4.69) is 10.2 Å². The molecule has 2 aliphatic rings. The molecule has 0 N–H and O–H groups in total. The molecule has 1 heterocycles. The van der Waals surface area contributed by atoms with Crippen molar-refractivity contribution >= 4 is 11.6 Å². The molecule has 0 saturated heterocycles. The summed E-state index contributed by atoms with van der Waals surface area (Å²) in [7, 11) is 0. The third-order valence-corrected chi connectivity index (χ3v) is 4.47. The van der Waals surface area contributed by atoms with Crippen molar-refractivity contribution < 1.29 is 9.59 Å². The molecule has 0 radical (unpaired) electrons. The van der Waals surface area contributed by atoms with Crippen molar-refractivity contribution in [2.24, 2.45) is 27.0 Å². The smallest absolute Gasteiger partial charge is 0.190 e. The average molecular weight is 276 g/mol. The molecule has 0 fully saturated rings. The monoisotopic (exact) mass is 276 g/mol. The summed E-state index contributed by atoms with van der Waals surface area (Å²) in [6.45, 7) is 13.6. The molecule has 110 valence electrons. The lowest BCUT2D eigenvalue weighted by Gasteiger charge is -2.45. The Morgan fingerprint density at radius 2 is 1.65 bits per heavy atom. The molecule has 0 aromatic rings. The highest BCUT2D eigenvalue weighted by molar-refractivity contribution is 6.16. The minimum Gasteiger partial charge on any atom is -0.294 e. The van der Waals surface area contributed by atoms with Crippen molar-refractivity contribution in [1.82, 2.24) is 0 Å². The number of Topliss-reactive ketones (excluding diaryl/α,β-unsaturated/α-hetero) is 1. The quantitative estimate of drug-likeness (QED) is 0.681. The predicted octanol–water partition coefficient (Wildman–Crippen LogP) is 3.37. The standard InChI is InChI=1S/C16H24N2O2/c1-9-12-11(19)8-10(14(2,3)4)13(20)16(12,18-17-9)15(5,6)7/h8-9,12H,1-7H3/t9-,12-,16+/m1/s1. The molecular formula is C16H24N2O2. The van der Waals surface area contributed by atoms with Gasteiger partial charge in [0.2, 0.25) is 0 Å². The molecule has 4 nitrogen and oxygen atoms in total. The maximum atomic E-state index is 13.1. The van der Waals surface area contributed by atoms with Crippen molar-refractivity contribution in [2.45, 2.75) is 60.0 Å². The lowest BCUT2D eigenvalue weighted by atomic mass is 9.56.